The molecule has 18 heavy (non-hydrogen) atoms. The summed E-state index contributed by atoms with van der Waals surface area (Å²) in [6, 6.07) is 3.82. The molecule has 0 bridgehead atoms. The Bertz CT molecular complexity index is 416. The molecule has 0 heterocycles. The Morgan fingerprint density at radius 2 is 1.94 bits per heavy atom. The average molecular weight is 315 g/mol. The minimum absolute atomic E-state index is 0.0871. The van der Waals surface area contributed by atoms with Crippen molar-refractivity contribution >= 4 is 22.2 Å². The van der Waals surface area contributed by atoms with Crippen LogP contribution >= 0.6 is 15.9 Å². The van der Waals surface area contributed by atoms with Crippen molar-refractivity contribution in [3.63, 3.8) is 0 Å². The highest BCUT2D eigenvalue weighted by Gasteiger charge is 2.15. The number of ether oxygens (including phenoxy) is 2. The molecule has 100 valence electrons. The van der Waals surface area contributed by atoms with Crippen molar-refractivity contribution in [1.29, 1.82) is 0 Å². The van der Waals surface area contributed by atoms with Gasteiger partial charge in [-0.1, -0.05) is 22.9 Å². The van der Waals surface area contributed by atoms with Crippen LogP contribution in [0.15, 0.2) is 16.6 Å². The van der Waals surface area contributed by atoms with E-state index in [1.165, 1.54) is 0 Å². The fourth-order valence-electron chi connectivity index (χ4n) is 1.71. The van der Waals surface area contributed by atoms with Crippen LogP contribution in [0.2, 0.25) is 0 Å². The molecule has 1 aromatic rings. The Balaban J connectivity index is 3.13. The van der Waals surface area contributed by atoms with E-state index in [2.05, 4.69) is 15.9 Å². The molecule has 1 aromatic carbocycles. The maximum absolute atomic E-state index is 10.6. The summed E-state index contributed by atoms with van der Waals surface area (Å²) in [7, 11) is 1.62. The van der Waals surface area contributed by atoms with Crippen LogP contribution in [0.1, 0.15) is 38.7 Å². The number of halogens is 1. The summed E-state index contributed by atoms with van der Waals surface area (Å²) in [5.74, 6) is 1.56. The van der Waals surface area contributed by atoms with Gasteiger partial charge in [0.15, 0.2) is 11.5 Å². The number of rotatable bonds is 6. The number of aldehydes is 1. The highest BCUT2D eigenvalue weighted by Crippen LogP contribution is 2.37. The Morgan fingerprint density at radius 3 is 2.44 bits per heavy atom. The average Bonchev–Trinajstić information content (AvgIpc) is 2.28. The first-order valence-electron chi connectivity index (χ1n) is 5.97. The van der Waals surface area contributed by atoms with E-state index in [0.29, 0.717) is 17.9 Å². The maximum Gasteiger partial charge on any atom is 0.162 e. The van der Waals surface area contributed by atoms with Gasteiger partial charge in [0.1, 0.15) is 6.29 Å². The van der Waals surface area contributed by atoms with Gasteiger partial charge in [0, 0.05) is 10.9 Å². The van der Waals surface area contributed by atoms with Gasteiger partial charge in [0.05, 0.1) is 13.2 Å². The summed E-state index contributed by atoms with van der Waals surface area (Å²) in [5.41, 5.74) is 1.05. The number of benzene rings is 1. The zero-order chi connectivity index (χ0) is 13.7. The maximum atomic E-state index is 10.6. The van der Waals surface area contributed by atoms with Gasteiger partial charge in [0.2, 0.25) is 0 Å². The smallest absolute Gasteiger partial charge is 0.162 e. The molecular weight excluding hydrogens is 296 g/mol. The summed E-state index contributed by atoms with van der Waals surface area (Å²) < 4.78 is 12.0. The highest BCUT2D eigenvalue weighted by molar-refractivity contribution is 9.10. The largest absolute Gasteiger partial charge is 0.493 e. The van der Waals surface area contributed by atoms with Crippen LogP contribution in [0.3, 0.4) is 0 Å². The van der Waals surface area contributed by atoms with Gasteiger partial charge in [0.25, 0.3) is 0 Å². The predicted molar refractivity (Wildman–Crippen MR) is 75.6 cm³/mol. The lowest BCUT2D eigenvalue weighted by Crippen LogP contribution is -2.07. The fraction of sp³-hybridized carbons (Fsp3) is 0.500. The lowest BCUT2D eigenvalue weighted by atomic mass is 9.98. The van der Waals surface area contributed by atoms with Gasteiger partial charge in [-0.3, -0.25) is 0 Å². The third-order valence-electron chi connectivity index (χ3n) is 2.63. The van der Waals surface area contributed by atoms with E-state index in [1.807, 2.05) is 32.9 Å². The molecule has 1 atom stereocenters. The monoisotopic (exact) mass is 314 g/mol. The zero-order valence-electron chi connectivity index (χ0n) is 11.2. The second-order valence-corrected chi connectivity index (χ2v) is 5.35. The van der Waals surface area contributed by atoms with E-state index >= 15 is 0 Å². The molecule has 0 saturated heterocycles. The molecule has 0 aromatic heterocycles. The van der Waals surface area contributed by atoms with E-state index in [1.54, 1.807) is 7.11 Å². The lowest BCUT2D eigenvalue weighted by Gasteiger charge is -2.18. The lowest BCUT2D eigenvalue weighted by molar-refractivity contribution is -0.108. The van der Waals surface area contributed by atoms with Crippen molar-refractivity contribution in [2.45, 2.75) is 39.2 Å². The SMILES string of the molecule is COc1cc(C(C)CC=O)c(Br)cc1OC(C)C. The molecule has 0 radical (unpaired) electrons. The van der Waals surface area contributed by atoms with Crippen LogP contribution in [0.4, 0.5) is 0 Å². The van der Waals surface area contributed by atoms with Gasteiger partial charge < -0.3 is 14.3 Å². The number of hydrogen-bond acceptors (Lipinski definition) is 3. The third kappa shape index (κ3) is 3.73. The second kappa shape index (κ2) is 6.78. The quantitative estimate of drug-likeness (QED) is 0.746. The molecular formula is C14H19BrO3. The van der Waals surface area contributed by atoms with Gasteiger partial charge >= 0.3 is 0 Å². The van der Waals surface area contributed by atoms with E-state index in [0.717, 1.165) is 16.3 Å². The van der Waals surface area contributed by atoms with E-state index < -0.39 is 0 Å². The van der Waals surface area contributed by atoms with Gasteiger partial charge in [-0.2, -0.15) is 0 Å². The van der Waals surface area contributed by atoms with Crippen LogP contribution in [-0.4, -0.2) is 19.5 Å². The normalized spacial score (nSPS) is 12.3. The van der Waals surface area contributed by atoms with Crippen molar-refractivity contribution < 1.29 is 14.3 Å². The summed E-state index contributed by atoms with van der Waals surface area (Å²) in [5, 5.41) is 0. The molecule has 1 rings (SSSR count). The van der Waals surface area contributed by atoms with Crippen molar-refractivity contribution in [1.82, 2.24) is 0 Å². The molecule has 0 spiro atoms. The molecule has 0 aliphatic rings. The first-order valence-corrected chi connectivity index (χ1v) is 6.76. The van der Waals surface area contributed by atoms with Crippen molar-refractivity contribution in [2.24, 2.45) is 0 Å². The minimum atomic E-state index is 0.0871. The Morgan fingerprint density at radius 1 is 1.28 bits per heavy atom. The summed E-state index contributed by atoms with van der Waals surface area (Å²) >= 11 is 3.52. The molecule has 0 aliphatic heterocycles. The van der Waals surface area contributed by atoms with Gasteiger partial charge in [-0.25, -0.2) is 0 Å². The topological polar surface area (TPSA) is 35.5 Å². The van der Waals surface area contributed by atoms with Crippen molar-refractivity contribution in [3.05, 3.63) is 22.2 Å². The second-order valence-electron chi connectivity index (χ2n) is 4.49. The van der Waals surface area contributed by atoms with Gasteiger partial charge in [-0.15, -0.1) is 0 Å². The molecule has 0 fully saturated rings. The van der Waals surface area contributed by atoms with Crippen molar-refractivity contribution in [2.75, 3.05) is 7.11 Å². The summed E-state index contributed by atoms with van der Waals surface area (Å²) in [6.07, 6.45) is 1.51. The highest BCUT2D eigenvalue weighted by atomic mass is 79.9. The Labute approximate surface area is 117 Å². The molecule has 1 unspecified atom stereocenters. The molecule has 0 aliphatic carbocycles. The molecule has 0 amide bonds. The van der Waals surface area contributed by atoms with E-state index in [9.17, 15) is 4.79 Å². The van der Waals surface area contributed by atoms with Crippen molar-refractivity contribution in [3.8, 4) is 11.5 Å². The summed E-state index contributed by atoms with van der Waals surface area (Å²) in [6.45, 7) is 5.95. The number of methoxy groups -OCH3 is 1. The van der Waals surface area contributed by atoms with E-state index in [4.69, 9.17) is 9.47 Å². The fourth-order valence-corrected chi connectivity index (χ4v) is 2.42. The van der Waals surface area contributed by atoms with Crippen LogP contribution in [0.5, 0.6) is 11.5 Å². The molecule has 4 heteroatoms. The number of carbonyl (C=O) groups is 1. The van der Waals surface area contributed by atoms with Gasteiger partial charge in [-0.05, 0) is 37.5 Å². The number of hydrogen-bond donors (Lipinski definition) is 0. The predicted octanol–water partition coefficient (Wildman–Crippen LogP) is 3.94. The standard InChI is InChI=1S/C14H19BrO3/c1-9(2)18-14-8-12(15)11(7-13(14)17-4)10(3)5-6-16/h6-10H,5H2,1-4H3. The summed E-state index contributed by atoms with van der Waals surface area (Å²) in [4.78, 5) is 10.6. The van der Waals surface area contributed by atoms with Crippen LogP contribution in [0.25, 0.3) is 0 Å². The Hall–Kier alpha value is -1.03. The van der Waals surface area contributed by atoms with Crippen LogP contribution in [-0.2, 0) is 4.79 Å². The Kier molecular flexibility index (Phi) is 5.66. The van der Waals surface area contributed by atoms with E-state index in [-0.39, 0.29) is 12.0 Å². The third-order valence-corrected chi connectivity index (χ3v) is 3.31. The minimum Gasteiger partial charge on any atom is -0.493 e. The zero-order valence-corrected chi connectivity index (χ0v) is 12.8. The molecule has 3 nitrogen and oxygen atoms in total. The first-order chi connectivity index (χ1) is 8.49. The molecule has 0 N–H and O–H groups in total. The first kappa shape index (κ1) is 15.0. The number of carbonyl (C=O) groups excluding carboxylic acids is 1. The van der Waals surface area contributed by atoms with Crippen LogP contribution < -0.4 is 9.47 Å². The molecule has 0 saturated carbocycles. The van der Waals surface area contributed by atoms with Crippen LogP contribution in [0, 0.1) is 0 Å².